The standard InChI is InChI=1S/C25H23N3OS/c29-24(27-14-17-8-2-1-3-9-17)23-20-11-5-7-13-22(20)30-25(23)28-16-18-15-26-21-12-6-4-10-19(18)21/h1-4,6,8-10,12,15-16,26H,5,7,11,13-14H2,(H,27,29)/b28-16-. The van der Waals surface area contributed by atoms with Crippen LogP contribution in [0.15, 0.2) is 65.8 Å². The maximum Gasteiger partial charge on any atom is 0.254 e. The maximum atomic E-state index is 13.2. The molecule has 0 radical (unpaired) electrons. The van der Waals surface area contributed by atoms with Gasteiger partial charge in [0, 0.05) is 40.3 Å². The minimum atomic E-state index is -0.0238. The normalized spacial score (nSPS) is 13.6. The molecule has 0 saturated heterocycles. The molecular formula is C25H23N3OS. The number of benzene rings is 2. The van der Waals surface area contributed by atoms with E-state index in [1.54, 1.807) is 11.3 Å². The molecule has 150 valence electrons. The van der Waals surface area contributed by atoms with Gasteiger partial charge in [-0.3, -0.25) is 4.79 Å². The number of H-pyrrole nitrogens is 1. The summed E-state index contributed by atoms with van der Waals surface area (Å²) in [6.07, 6.45) is 8.17. The number of thiophene rings is 1. The predicted molar refractivity (Wildman–Crippen MR) is 124 cm³/mol. The van der Waals surface area contributed by atoms with Gasteiger partial charge >= 0.3 is 0 Å². The van der Waals surface area contributed by atoms with Gasteiger partial charge < -0.3 is 10.3 Å². The van der Waals surface area contributed by atoms with E-state index in [0.29, 0.717) is 6.54 Å². The molecule has 2 aromatic carbocycles. The summed E-state index contributed by atoms with van der Waals surface area (Å²) < 4.78 is 0. The monoisotopic (exact) mass is 413 g/mol. The minimum Gasteiger partial charge on any atom is -0.361 e. The second kappa shape index (κ2) is 8.28. The third-order valence-corrected chi connectivity index (χ3v) is 6.82. The zero-order chi connectivity index (χ0) is 20.3. The molecular weight excluding hydrogens is 390 g/mol. The lowest BCUT2D eigenvalue weighted by molar-refractivity contribution is 0.0951. The summed E-state index contributed by atoms with van der Waals surface area (Å²) in [7, 11) is 0. The molecule has 4 nitrogen and oxygen atoms in total. The minimum absolute atomic E-state index is 0.0238. The number of carbonyl (C=O) groups is 1. The smallest absolute Gasteiger partial charge is 0.254 e. The number of carbonyl (C=O) groups excluding carboxylic acids is 1. The highest BCUT2D eigenvalue weighted by atomic mass is 32.1. The van der Waals surface area contributed by atoms with Crippen LogP contribution in [0.2, 0.25) is 0 Å². The number of fused-ring (bicyclic) bond motifs is 2. The Labute approximate surface area is 179 Å². The van der Waals surface area contributed by atoms with Gasteiger partial charge in [-0.15, -0.1) is 11.3 Å². The molecule has 5 rings (SSSR count). The lowest BCUT2D eigenvalue weighted by Crippen LogP contribution is -2.24. The Kier molecular flexibility index (Phi) is 5.20. The molecule has 0 atom stereocenters. The van der Waals surface area contributed by atoms with Crippen LogP contribution >= 0.6 is 11.3 Å². The van der Waals surface area contributed by atoms with Crippen molar-refractivity contribution in [2.24, 2.45) is 4.99 Å². The van der Waals surface area contributed by atoms with Crippen LogP contribution in [-0.2, 0) is 19.4 Å². The van der Waals surface area contributed by atoms with Gasteiger partial charge in [-0.25, -0.2) is 4.99 Å². The van der Waals surface area contributed by atoms with Gasteiger partial charge in [0.15, 0.2) is 0 Å². The zero-order valence-electron chi connectivity index (χ0n) is 16.7. The number of hydrogen-bond acceptors (Lipinski definition) is 3. The van der Waals surface area contributed by atoms with E-state index in [-0.39, 0.29) is 5.91 Å². The number of amides is 1. The second-order valence-electron chi connectivity index (χ2n) is 7.61. The Balaban J connectivity index is 1.46. The van der Waals surface area contributed by atoms with Gasteiger partial charge in [-0.2, -0.15) is 0 Å². The largest absolute Gasteiger partial charge is 0.361 e. The van der Waals surface area contributed by atoms with E-state index >= 15 is 0 Å². The molecule has 0 unspecified atom stereocenters. The van der Waals surface area contributed by atoms with Gasteiger partial charge in [-0.05, 0) is 42.9 Å². The van der Waals surface area contributed by atoms with Crippen molar-refractivity contribution in [1.29, 1.82) is 0 Å². The van der Waals surface area contributed by atoms with Gasteiger partial charge in [0.1, 0.15) is 5.00 Å². The lowest BCUT2D eigenvalue weighted by atomic mass is 9.95. The molecule has 0 aliphatic heterocycles. The van der Waals surface area contributed by atoms with Crippen molar-refractivity contribution in [3.63, 3.8) is 0 Å². The number of aromatic amines is 1. The number of nitrogens with zero attached hydrogens (tertiary/aromatic N) is 1. The first-order valence-corrected chi connectivity index (χ1v) is 11.2. The van der Waals surface area contributed by atoms with Crippen molar-refractivity contribution in [3.8, 4) is 0 Å². The lowest BCUT2D eigenvalue weighted by Gasteiger charge is -2.12. The van der Waals surface area contributed by atoms with Crippen LogP contribution in [0.1, 0.15) is 44.8 Å². The molecule has 1 aliphatic rings. The van der Waals surface area contributed by atoms with Crippen LogP contribution in [0.3, 0.4) is 0 Å². The Bertz CT molecular complexity index is 1220. The van der Waals surface area contributed by atoms with E-state index in [1.807, 2.05) is 54.9 Å². The first-order chi connectivity index (χ1) is 14.8. The number of aryl methyl sites for hydroxylation is 1. The average Bonchev–Trinajstić information content (AvgIpc) is 3.38. The molecule has 0 bridgehead atoms. The average molecular weight is 414 g/mol. The van der Waals surface area contributed by atoms with Gasteiger partial charge in [0.25, 0.3) is 5.91 Å². The van der Waals surface area contributed by atoms with Crippen molar-refractivity contribution >= 4 is 39.4 Å². The highest BCUT2D eigenvalue weighted by molar-refractivity contribution is 7.16. The second-order valence-corrected chi connectivity index (χ2v) is 8.69. The Morgan fingerprint density at radius 3 is 2.77 bits per heavy atom. The summed E-state index contributed by atoms with van der Waals surface area (Å²) in [5.74, 6) is -0.0238. The SMILES string of the molecule is O=C(NCc1ccccc1)c1c(/N=C\c2c[nH]c3ccccc23)sc2c1CCCC2. The maximum absolute atomic E-state index is 13.2. The van der Waals surface area contributed by atoms with Crippen LogP contribution in [0.5, 0.6) is 0 Å². The van der Waals surface area contributed by atoms with E-state index in [4.69, 9.17) is 4.99 Å². The Hall–Kier alpha value is -3.18. The topological polar surface area (TPSA) is 57.2 Å². The summed E-state index contributed by atoms with van der Waals surface area (Å²) in [5.41, 5.74) is 5.18. The third kappa shape index (κ3) is 3.68. The van der Waals surface area contributed by atoms with Crippen molar-refractivity contribution in [2.75, 3.05) is 0 Å². The predicted octanol–water partition coefficient (Wildman–Crippen LogP) is 5.79. The van der Waals surface area contributed by atoms with Crippen molar-refractivity contribution in [1.82, 2.24) is 10.3 Å². The number of para-hydroxylation sites is 1. The van der Waals surface area contributed by atoms with Crippen LogP contribution < -0.4 is 5.32 Å². The highest BCUT2D eigenvalue weighted by Gasteiger charge is 2.25. The van der Waals surface area contributed by atoms with Gasteiger partial charge in [-0.1, -0.05) is 48.5 Å². The molecule has 30 heavy (non-hydrogen) atoms. The molecule has 2 N–H and O–H groups in total. The molecule has 0 fully saturated rings. The summed E-state index contributed by atoms with van der Waals surface area (Å²) >= 11 is 1.67. The fourth-order valence-corrected chi connectivity index (χ4v) is 5.30. The van der Waals surface area contributed by atoms with Crippen LogP contribution in [0.25, 0.3) is 10.9 Å². The number of aromatic nitrogens is 1. The molecule has 4 aromatic rings. The molecule has 2 aromatic heterocycles. The highest BCUT2D eigenvalue weighted by Crippen LogP contribution is 2.40. The van der Waals surface area contributed by atoms with E-state index in [9.17, 15) is 4.79 Å². The Morgan fingerprint density at radius 1 is 1.07 bits per heavy atom. The fraction of sp³-hybridized carbons (Fsp3) is 0.200. The third-order valence-electron chi connectivity index (χ3n) is 5.62. The van der Waals surface area contributed by atoms with E-state index in [0.717, 1.165) is 51.9 Å². The van der Waals surface area contributed by atoms with E-state index in [2.05, 4.69) is 22.4 Å². The Morgan fingerprint density at radius 2 is 1.87 bits per heavy atom. The first-order valence-electron chi connectivity index (χ1n) is 10.4. The number of nitrogens with one attached hydrogen (secondary N) is 2. The molecule has 5 heteroatoms. The van der Waals surface area contributed by atoms with Crippen molar-refractivity contribution in [2.45, 2.75) is 32.2 Å². The number of hydrogen-bond donors (Lipinski definition) is 2. The number of rotatable bonds is 5. The zero-order valence-corrected chi connectivity index (χ0v) is 17.5. The summed E-state index contributed by atoms with van der Waals surface area (Å²) in [6.45, 7) is 0.524. The number of aliphatic imine (C=N–C) groups is 1. The summed E-state index contributed by atoms with van der Waals surface area (Å²) in [6, 6.07) is 18.2. The fourth-order valence-electron chi connectivity index (χ4n) is 4.07. The molecule has 0 spiro atoms. The van der Waals surface area contributed by atoms with Crippen LogP contribution in [0.4, 0.5) is 5.00 Å². The first kappa shape index (κ1) is 18.8. The van der Waals surface area contributed by atoms with Crippen LogP contribution in [0, 0.1) is 0 Å². The molecule has 1 amide bonds. The van der Waals surface area contributed by atoms with E-state index in [1.165, 1.54) is 16.9 Å². The molecule has 2 heterocycles. The van der Waals surface area contributed by atoms with Crippen LogP contribution in [-0.4, -0.2) is 17.1 Å². The quantitative estimate of drug-likeness (QED) is 0.400. The van der Waals surface area contributed by atoms with Gasteiger partial charge in [0.05, 0.1) is 5.56 Å². The summed E-state index contributed by atoms with van der Waals surface area (Å²) in [4.78, 5) is 22.6. The van der Waals surface area contributed by atoms with Gasteiger partial charge in [0.2, 0.25) is 0 Å². The molecule has 1 aliphatic carbocycles. The van der Waals surface area contributed by atoms with E-state index < -0.39 is 0 Å². The summed E-state index contributed by atoms with van der Waals surface area (Å²) in [5, 5.41) is 5.06. The molecule has 0 saturated carbocycles. The van der Waals surface area contributed by atoms with Crippen molar-refractivity contribution < 1.29 is 4.79 Å². The van der Waals surface area contributed by atoms with Crippen molar-refractivity contribution in [3.05, 3.63) is 87.9 Å².